The van der Waals surface area contributed by atoms with Gasteiger partial charge in [-0.25, -0.2) is 0 Å². The zero-order chi connectivity index (χ0) is 17.6. The molecule has 2 fully saturated rings. The Morgan fingerprint density at radius 1 is 1.08 bits per heavy atom. The van der Waals surface area contributed by atoms with Crippen LogP contribution in [0.2, 0.25) is 0 Å². The molecule has 1 aromatic rings. The summed E-state index contributed by atoms with van der Waals surface area (Å²) in [5.74, 6) is 0.718. The van der Waals surface area contributed by atoms with Crippen molar-refractivity contribution in [1.82, 2.24) is 14.7 Å². The molecule has 1 aromatic carbocycles. The molecular formula is C22H35N3. The van der Waals surface area contributed by atoms with Gasteiger partial charge in [0.15, 0.2) is 0 Å². The Morgan fingerprint density at radius 3 is 2.48 bits per heavy atom. The summed E-state index contributed by atoms with van der Waals surface area (Å²) in [5.41, 5.74) is 2.90. The van der Waals surface area contributed by atoms with Crippen LogP contribution in [0.3, 0.4) is 0 Å². The van der Waals surface area contributed by atoms with Crippen molar-refractivity contribution in [2.45, 2.75) is 32.7 Å². The maximum absolute atomic E-state index is 2.72. The Bertz CT molecular complexity index is 544. The standard InChI is InChI=1S/C22H35N3/c1-19(2)9-10-21(20-7-5-4-6-8-20)17-24-12-11-22(18-24)25-15-13-23(3)14-16-25/h4-8,10,19,22H,9,11-18H2,1-3H3/b21-10+. The first kappa shape index (κ1) is 18.6. The highest BCUT2D eigenvalue weighted by Crippen LogP contribution is 2.23. The van der Waals surface area contributed by atoms with Crippen molar-refractivity contribution in [3.05, 3.63) is 42.0 Å². The van der Waals surface area contributed by atoms with Gasteiger partial charge in [0.1, 0.15) is 0 Å². The molecule has 0 aliphatic carbocycles. The van der Waals surface area contributed by atoms with E-state index in [1.54, 1.807) is 0 Å². The molecule has 0 aromatic heterocycles. The number of nitrogens with zero attached hydrogens (tertiary/aromatic N) is 3. The highest BCUT2D eigenvalue weighted by atomic mass is 15.3. The number of benzene rings is 1. The van der Waals surface area contributed by atoms with Gasteiger partial charge in [-0.05, 0) is 36.9 Å². The third-order valence-corrected chi connectivity index (χ3v) is 5.68. The number of likely N-dealkylation sites (N-methyl/N-ethyl adjacent to an activating group) is 1. The molecule has 2 heterocycles. The van der Waals surface area contributed by atoms with Crippen LogP contribution in [0.4, 0.5) is 0 Å². The smallest absolute Gasteiger partial charge is 0.0237 e. The van der Waals surface area contributed by atoms with Gasteiger partial charge in [0, 0.05) is 51.9 Å². The average molecular weight is 342 g/mol. The molecule has 0 N–H and O–H groups in total. The Balaban J connectivity index is 1.60. The number of allylic oxidation sites excluding steroid dienone is 1. The molecule has 3 heteroatoms. The molecule has 1 unspecified atom stereocenters. The largest absolute Gasteiger partial charge is 0.304 e. The van der Waals surface area contributed by atoms with Crippen LogP contribution in [0, 0.1) is 5.92 Å². The van der Waals surface area contributed by atoms with E-state index in [4.69, 9.17) is 0 Å². The SMILES string of the molecule is CC(C)C/C=C(\CN1CCC(N2CCN(C)CC2)C1)c1ccccc1. The molecule has 25 heavy (non-hydrogen) atoms. The number of piperazine rings is 1. The Hall–Kier alpha value is -1.16. The molecule has 2 saturated heterocycles. The molecule has 0 bridgehead atoms. The van der Waals surface area contributed by atoms with E-state index in [0.29, 0.717) is 0 Å². The third-order valence-electron chi connectivity index (χ3n) is 5.68. The molecule has 138 valence electrons. The average Bonchev–Trinajstić information content (AvgIpc) is 3.08. The first-order valence-electron chi connectivity index (χ1n) is 10.0. The first-order chi connectivity index (χ1) is 12.1. The van der Waals surface area contributed by atoms with Gasteiger partial charge >= 0.3 is 0 Å². The van der Waals surface area contributed by atoms with Gasteiger partial charge in [-0.2, -0.15) is 0 Å². The second kappa shape index (κ2) is 8.98. The van der Waals surface area contributed by atoms with Gasteiger partial charge in [-0.1, -0.05) is 50.3 Å². The molecule has 0 radical (unpaired) electrons. The zero-order valence-electron chi connectivity index (χ0n) is 16.3. The van der Waals surface area contributed by atoms with Gasteiger partial charge in [0.05, 0.1) is 0 Å². The van der Waals surface area contributed by atoms with Gasteiger partial charge in [-0.15, -0.1) is 0 Å². The Labute approximate surface area is 154 Å². The number of hydrogen-bond donors (Lipinski definition) is 0. The second-order valence-electron chi connectivity index (χ2n) is 8.24. The topological polar surface area (TPSA) is 9.72 Å². The van der Waals surface area contributed by atoms with Gasteiger partial charge < -0.3 is 4.90 Å². The van der Waals surface area contributed by atoms with Crippen molar-refractivity contribution >= 4 is 5.57 Å². The predicted octanol–water partition coefficient (Wildman–Crippen LogP) is 3.44. The fourth-order valence-corrected chi connectivity index (χ4v) is 3.99. The van der Waals surface area contributed by atoms with E-state index in [-0.39, 0.29) is 0 Å². The summed E-state index contributed by atoms with van der Waals surface area (Å²) >= 11 is 0. The molecule has 1 atom stereocenters. The first-order valence-corrected chi connectivity index (χ1v) is 10.0. The molecule has 0 saturated carbocycles. The molecule has 2 aliphatic heterocycles. The zero-order valence-corrected chi connectivity index (χ0v) is 16.3. The maximum atomic E-state index is 2.72. The van der Waals surface area contributed by atoms with Crippen LogP contribution in [0.15, 0.2) is 36.4 Å². The molecule has 0 amide bonds. The lowest BCUT2D eigenvalue weighted by Crippen LogP contribution is -2.49. The summed E-state index contributed by atoms with van der Waals surface area (Å²) in [6, 6.07) is 11.7. The van der Waals surface area contributed by atoms with Crippen LogP contribution in [-0.4, -0.2) is 73.6 Å². The lowest BCUT2D eigenvalue weighted by atomic mass is 10.0. The van der Waals surface area contributed by atoms with Crippen molar-refractivity contribution in [1.29, 1.82) is 0 Å². The molecule has 3 nitrogen and oxygen atoms in total. The summed E-state index contributed by atoms with van der Waals surface area (Å²) in [4.78, 5) is 7.84. The highest BCUT2D eigenvalue weighted by Gasteiger charge is 2.29. The summed E-state index contributed by atoms with van der Waals surface area (Å²) < 4.78 is 0. The maximum Gasteiger partial charge on any atom is 0.0237 e. The van der Waals surface area contributed by atoms with E-state index < -0.39 is 0 Å². The van der Waals surface area contributed by atoms with Crippen molar-refractivity contribution in [2.75, 3.05) is 52.9 Å². The summed E-state index contributed by atoms with van der Waals surface area (Å²) in [6.45, 7) is 13.1. The number of likely N-dealkylation sites (tertiary alicyclic amines) is 1. The van der Waals surface area contributed by atoms with Crippen LogP contribution < -0.4 is 0 Å². The lowest BCUT2D eigenvalue weighted by Gasteiger charge is -2.36. The van der Waals surface area contributed by atoms with E-state index >= 15 is 0 Å². The summed E-state index contributed by atoms with van der Waals surface area (Å²) in [6.07, 6.45) is 4.97. The van der Waals surface area contributed by atoms with Gasteiger partial charge in [0.25, 0.3) is 0 Å². The number of hydrogen-bond acceptors (Lipinski definition) is 3. The normalized spacial score (nSPS) is 24.3. The van der Waals surface area contributed by atoms with Gasteiger partial charge in [-0.3, -0.25) is 9.80 Å². The monoisotopic (exact) mass is 341 g/mol. The lowest BCUT2D eigenvalue weighted by molar-refractivity contribution is 0.114. The fourth-order valence-electron chi connectivity index (χ4n) is 3.99. The predicted molar refractivity (Wildman–Crippen MR) is 108 cm³/mol. The molecule has 2 aliphatic rings. The minimum atomic E-state index is 0.718. The van der Waals surface area contributed by atoms with Crippen molar-refractivity contribution in [2.24, 2.45) is 5.92 Å². The van der Waals surface area contributed by atoms with Crippen molar-refractivity contribution in [3.63, 3.8) is 0 Å². The fraction of sp³-hybridized carbons (Fsp3) is 0.636. The third kappa shape index (κ3) is 5.40. The van der Waals surface area contributed by atoms with Crippen LogP contribution in [0.25, 0.3) is 5.57 Å². The molecule has 3 rings (SSSR count). The Kier molecular flexibility index (Phi) is 6.69. The Morgan fingerprint density at radius 2 is 1.80 bits per heavy atom. The molecular weight excluding hydrogens is 306 g/mol. The van der Waals surface area contributed by atoms with E-state index in [2.05, 4.69) is 72.0 Å². The molecule has 0 spiro atoms. The van der Waals surface area contributed by atoms with E-state index in [1.807, 2.05) is 0 Å². The van der Waals surface area contributed by atoms with Gasteiger partial charge in [0.2, 0.25) is 0 Å². The number of rotatable bonds is 6. The van der Waals surface area contributed by atoms with E-state index in [1.165, 1.54) is 63.2 Å². The van der Waals surface area contributed by atoms with Crippen LogP contribution in [0.1, 0.15) is 32.3 Å². The quantitative estimate of drug-likeness (QED) is 0.785. The van der Waals surface area contributed by atoms with Crippen LogP contribution >= 0.6 is 0 Å². The van der Waals surface area contributed by atoms with Crippen LogP contribution in [0.5, 0.6) is 0 Å². The minimum absolute atomic E-state index is 0.718. The van der Waals surface area contributed by atoms with Crippen LogP contribution in [-0.2, 0) is 0 Å². The minimum Gasteiger partial charge on any atom is -0.304 e. The van der Waals surface area contributed by atoms with Crippen molar-refractivity contribution in [3.8, 4) is 0 Å². The van der Waals surface area contributed by atoms with E-state index in [9.17, 15) is 0 Å². The second-order valence-corrected chi connectivity index (χ2v) is 8.24. The summed E-state index contributed by atoms with van der Waals surface area (Å²) in [7, 11) is 2.24. The highest BCUT2D eigenvalue weighted by molar-refractivity contribution is 5.66. The van der Waals surface area contributed by atoms with E-state index in [0.717, 1.165) is 18.5 Å². The van der Waals surface area contributed by atoms with Crippen molar-refractivity contribution < 1.29 is 0 Å². The summed E-state index contributed by atoms with van der Waals surface area (Å²) in [5, 5.41) is 0.